The van der Waals surface area contributed by atoms with Crippen molar-refractivity contribution in [2.75, 3.05) is 13.1 Å². The molecular weight excluding hydrogens is 242 g/mol. The van der Waals surface area contributed by atoms with Gasteiger partial charge in [0.1, 0.15) is 18.5 Å². The van der Waals surface area contributed by atoms with Crippen LogP contribution in [0, 0.1) is 5.41 Å². The summed E-state index contributed by atoms with van der Waals surface area (Å²) in [5.41, 5.74) is 2.12. The number of benzene rings is 1. The number of cyclic esters (lactones) is 1. The van der Waals surface area contributed by atoms with Crippen LogP contribution in [0.1, 0.15) is 35.2 Å². The fourth-order valence-electron chi connectivity index (χ4n) is 3.14. The van der Waals surface area contributed by atoms with Crippen molar-refractivity contribution >= 4 is 5.97 Å². The smallest absolute Gasteiger partial charge is 0.338 e. The lowest BCUT2D eigenvalue weighted by Gasteiger charge is -2.30. The van der Waals surface area contributed by atoms with Crippen LogP contribution in [0.25, 0.3) is 0 Å². The summed E-state index contributed by atoms with van der Waals surface area (Å²) in [5.74, 6) is 0.624. The van der Waals surface area contributed by atoms with E-state index in [2.05, 4.69) is 5.32 Å². The van der Waals surface area contributed by atoms with Gasteiger partial charge in [-0.15, -0.1) is 0 Å². The fraction of sp³-hybridized carbons (Fsp3) is 0.533. The molecule has 2 aliphatic heterocycles. The van der Waals surface area contributed by atoms with E-state index < -0.39 is 0 Å². The van der Waals surface area contributed by atoms with Crippen molar-refractivity contribution in [2.45, 2.75) is 32.0 Å². The van der Waals surface area contributed by atoms with E-state index in [1.807, 2.05) is 18.2 Å². The molecule has 1 N–H and O–H groups in total. The Bertz CT molecular complexity index is 536. The molecule has 2 fully saturated rings. The lowest BCUT2D eigenvalue weighted by atomic mass is 9.94. The molecule has 4 heteroatoms. The van der Waals surface area contributed by atoms with Crippen LogP contribution in [0.3, 0.4) is 0 Å². The molecule has 1 aliphatic carbocycles. The molecule has 100 valence electrons. The average Bonchev–Trinajstić information content (AvgIpc) is 3.04. The molecule has 0 radical (unpaired) electrons. The molecule has 1 aromatic rings. The molecule has 0 unspecified atom stereocenters. The number of hydrogen-bond donors (Lipinski definition) is 1. The van der Waals surface area contributed by atoms with Crippen LogP contribution in [0.5, 0.6) is 5.75 Å². The van der Waals surface area contributed by atoms with Crippen molar-refractivity contribution < 1.29 is 14.3 Å². The van der Waals surface area contributed by atoms with Crippen LogP contribution >= 0.6 is 0 Å². The molecule has 3 aliphatic rings. The predicted octanol–water partition coefficient (Wildman–Crippen LogP) is 1.88. The lowest BCUT2D eigenvalue weighted by Crippen LogP contribution is -2.43. The highest BCUT2D eigenvalue weighted by molar-refractivity contribution is 5.93. The molecule has 1 saturated carbocycles. The van der Waals surface area contributed by atoms with E-state index in [4.69, 9.17) is 9.47 Å². The van der Waals surface area contributed by atoms with Gasteiger partial charge < -0.3 is 14.8 Å². The minimum Gasteiger partial charge on any atom is -0.489 e. The predicted molar refractivity (Wildman–Crippen MR) is 69.1 cm³/mol. The van der Waals surface area contributed by atoms with Crippen molar-refractivity contribution in [3.05, 3.63) is 29.3 Å². The number of rotatable bonds is 2. The van der Waals surface area contributed by atoms with Gasteiger partial charge in [-0.1, -0.05) is 0 Å². The van der Waals surface area contributed by atoms with E-state index in [0.717, 1.165) is 30.8 Å². The summed E-state index contributed by atoms with van der Waals surface area (Å²) >= 11 is 0. The van der Waals surface area contributed by atoms with Gasteiger partial charge in [-0.05, 0) is 42.9 Å². The molecule has 0 bridgehead atoms. The Morgan fingerprint density at radius 2 is 2.26 bits per heavy atom. The second-order valence-electron chi connectivity index (χ2n) is 5.97. The molecule has 0 aromatic heterocycles. The number of carbonyl (C=O) groups is 1. The highest BCUT2D eigenvalue weighted by atomic mass is 16.5. The minimum atomic E-state index is -0.224. The standard InChI is InChI=1S/C15H17NO3/c17-14-13-2-1-11(5-10(13)8-18-14)19-12-6-15(3-4-15)9-16-7-12/h1-2,5,12,16H,3-4,6-9H2/t12-/m1/s1. The first-order valence-electron chi connectivity index (χ1n) is 6.92. The van der Waals surface area contributed by atoms with Gasteiger partial charge in [0.05, 0.1) is 5.56 Å². The summed E-state index contributed by atoms with van der Waals surface area (Å²) in [5, 5.41) is 3.46. The number of piperidine rings is 1. The molecule has 2 heterocycles. The van der Waals surface area contributed by atoms with Gasteiger partial charge in [-0.25, -0.2) is 4.79 Å². The Kier molecular flexibility index (Phi) is 2.36. The molecule has 1 spiro atoms. The molecule has 0 amide bonds. The monoisotopic (exact) mass is 259 g/mol. The maximum atomic E-state index is 11.4. The number of carbonyl (C=O) groups excluding carboxylic acids is 1. The van der Waals surface area contributed by atoms with Gasteiger partial charge in [-0.2, -0.15) is 0 Å². The van der Waals surface area contributed by atoms with Gasteiger partial charge in [0.25, 0.3) is 0 Å². The zero-order valence-electron chi connectivity index (χ0n) is 10.8. The maximum Gasteiger partial charge on any atom is 0.338 e. The van der Waals surface area contributed by atoms with Crippen molar-refractivity contribution in [1.29, 1.82) is 0 Å². The summed E-state index contributed by atoms with van der Waals surface area (Å²) < 4.78 is 11.1. The van der Waals surface area contributed by atoms with Gasteiger partial charge in [0.2, 0.25) is 0 Å². The first-order valence-corrected chi connectivity index (χ1v) is 6.92. The zero-order valence-corrected chi connectivity index (χ0v) is 10.8. The Hall–Kier alpha value is -1.55. The zero-order chi connectivity index (χ0) is 12.9. The maximum absolute atomic E-state index is 11.4. The molecule has 1 atom stereocenters. The van der Waals surface area contributed by atoms with Crippen molar-refractivity contribution in [3.8, 4) is 5.75 Å². The summed E-state index contributed by atoms with van der Waals surface area (Å²) in [6, 6.07) is 5.62. The van der Waals surface area contributed by atoms with Crippen LogP contribution in [0.2, 0.25) is 0 Å². The molecule has 19 heavy (non-hydrogen) atoms. The molecule has 4 nitrogen and oxygen atoms in total. The SMILES string of the molecule is O=C1OCc2cc(O[C@H]3CNCC4(CC4)C3)ccc21. The van der Waals surface area contributed by atoms with Crippen molar-refractivity contribution in [1.82, 2.24) is 5.32 Å². The topological polar surface area (TPSA) is 47.6 Å². The Morgan fingerprint density at radius 3 is 3.11 bits per heavy atom. The van der Waals surface area contributed by atoms with Gasteiger partial charge >= 0.3 is 5.97 Å². The fourth-order valence-corrected chi connectivity index (χ4v) is 3.14. The molecule has 4 rings (SSSR count). The first kappa shape index (κ1) is 11.3. The van der Waals surface area contributed by atoms with E-state index >= 15 is 0 Å². The second-order valence-corrected chi connectivity index (χ2v) is 5.97. The first-order chi connectivity index (χ1) is 9.24. The summed E-state index contributed by atoms with van der Waals surface area (Å²) in [7, 11) is 0. The third-order valence-electron chi connectivity index (χ3n) is 4.45. The van der Waals surface area contributed by atoms with E-state index in [0.29, 0.717) is 17.6 Å². The van der Waals surface area contributed by atoms with Gasteiger partial charge in [-0.3, -0.25) is 0 Å². The molecular formula is C15H17NO3. The summed E-state index contributed by atoms with van der Waals surface area (Å²) in [6.45, 7) is 2.42. The summed E-state index contributed by atoms with van der Waals surface area (Å²) in [6.07, 6.45) is 4.04. The van der Waals surface area contributed by atoms with Crippen LogP contribution in [-0.2, 0) is 11.3 Å². The minimum absolute atomic E-state index is 0.224. The van der Waals surface area contributed by atoms with Crippen molar-refractivity contribution in [2.24, 2.45) is 5.41 Å². The van der Waals surface area contributed by atoms with E-state index in [-0.39, 0.29) is 12.1 Å². The number of fused-ring (bicyclic) bond motifs is 1. The Morgan fingerprint density at radius 1 is 1.37 bits per heavy atom. The molecule has 1 saturated heterocycles. The molecule has 1 aromatic carbocycles. The van der Waals surface area contributed by atoms with Crippen LogP contribution in [0.15, 0.2) is 18.2 Å². The highest BCUT2D eigenvalue weighted by Crippen LogP contribution is 2.50. The van der Waals surface area contributed by atoms with Crippen LogP contribution in [-0.4, -0.2) is 25.2 Å². The number of ether oxygens (including phenoxy) is 2. The second kappa shape index (κ2) is 3.97. The number of nitrogens with one attached hydrogen (secondary N) is 1. The Labute approximate surface area is 112 Å². The van der Waals surface area contributed by atoms with Gasteiger partial charge in [0, 0.05) is 18.7 Å². The third-order valence-corrected chi connectivity index (χ3v) is 4.45. The van der Waals surface area contributed by atoms with Crippen LogP contribution < -0.4 is 10.1 Å². The summed E-state index contributed by atoms with van der Waals surface area (Å²) in [4.78, 5) is 11.4. The number of esters is 1. The lowest BCUT2D eigenvalue weighted by molar-refractivity contribution is 0.0535. The van der Waals surface area contributed by atoms with Crippen molar-refractivity contribution in [3.63, 3.8) is 0 Å². The van der Waals surface area contributed by atoms with Crippen LogP contribution in [0.4, 0.5) is 0 Å². The normalized spacial score (nSPS) is 26.9. The largest absolute Gasteiger partial charge is 0.489 e. The average molecular weight is 259 g/mol. The number of hydrogen-bond acceptors (Lipinski definition) is 4. The highest BCUT2D eigenvalue weighted by Gasteiger charge is 2.46. The van der Waals surface area contributed by atoms with E-state index in [1.165, 1.54) is 12.8 Å². The van der Waals surface area contributed by atoms with E-state index in [9.17, 15) is 4.79 Å². The van der Waals surface area contributed by atoms with Gasteiger partial charge in [0.15, 0.2) is 0 Å². The quantitative estimate of drug-likeness (QED) is 0.824. The Balaban J connectivity index is 1.49. The van der Waals surface area contributed by atoms with E-state index in [1.54, 1.807) is 0 Å². The third kappa shape index (κ3) is 2.00.